The van der Waals surface area contributed by atoms with Crippen molar-refractivity contribution in [2.45, 2.75) is 12.6 Å². The van der Waals surface area contributed by atoms with Crippen molar-refractivity contribution in [3.8, 4) is 11.4 Å². The number of benzene rings is 1. The Hall–Kier alpha value is -2.09. The summed E-state index contributed by atoms with van der Waals surface area (Å²) in [7, 11) is 0. The number of nitrogens with zero attached hydrogens (tertiary/aromatic N) is 3. The molecule has 1 atom stereocenters. The van der Waals surface area contributed by atoms with E-state index in [4.69, 9.17) is 9.26 Å². The van der Waals surface area contributed by atoms with Crippen LogP contribution in [-0.4, -0.2) is 34.7 Å². The molecule has 0 radical (unpaired) electrons. The standard InChI is InChI=1S/C17H16FN3O2S/c18-14-3-1-12(2-4-14)15-9-21(6-7-22-15)10-16-19-17(20-23-16)13-5-8-24-11-13/h1-5,8,11,15H,6-7,9-10H2. The fraction of sp³-hybridized carbons (Fsp3) is 0.294. The lowest BCUT2D eigenvalue weighted by atomic mass is 10.1. The van der Waals surface area contributed by atoms with E-state index >= 15 is 0 Å². The van der Waals surface area contributed by atoms with Gasteiger partial charge in [-0.15, -0.1) is 0 Å². The minimum atomic E-state index is -0.238. The third-order valence-electron chi connectivity index (χ3n) is 4.00. The summed E-state index contributed by atoms with van der Waals surface area (Å²) in [5, 5.41) is 8.01. The van der Waals surface area contributed by atoms with Crippen LogP contribution in [0.25, 0.3) is 11.4 Å². The van der Waals surface area contributed by atoms with Crippen molar-refractivity contribution in [2.75, 3.05) is 19.7 Å². The van der Waals surface area contributed by atoms with Crippen LogP contribution in [0.1, 0.15) is 17.6 Å². The van der Waals surface area contributed by atoms with Crippen molar-refractivity contribution in [1.82, 2.24) is 15.0 Å². The Labute approximate surface area is 142 Å². The van der Waals surface area contributed by atoms with Crippen LogP contribution in [0.2, 0.25) is 0 Å². The Morgan fingerprint density at radius 3 is 2.92 bits per heavy atom. The van der Waals surface area contributed by atoms with Gasteiger partial charge in [0, 0.05) is 24.0 Å². The molecule has 1 aromatic carbocycles. The van der Waals surface area contributed by atoms with Crippen LogP contribution in [0, 0.1) is 5.82 Å². The number of ether oxygens (including phenoxy) is 1. The smallest absolute Gasteiger partial charge is 0.241 e. The maximum absolute atomic E-state index is 13.1. The minimum Gasteiger partial charge on any atom is -0.371 e. The van der Waals surface area contributed by atoms with Crippen LogP contribution < -0.4 is 0 Å². The lowest BCUT2D eigenvalue weighted by molar-refractivity contribution is -0.0356. The predicted molar refractivity (Wildman–Crippen MR) is 88.0 cm³/mol. The summed E-state index contributed by atoms with van der Waals surface area (Å²) < 4.78 is 24.2. The molecule has 1 aliphatic heterocycles. The van der Waals surface area contributed by atoms with Crippen LogP contribution in [0.3, 0.4) is 0 Å². The molecule has 3 heterocycles. The number of aromatic nitrogens is 2. The van der Waals surface area contributed by atoms with Crippen molar-refractivity contribution in [2.24, 2.45) is 0 Å². The minimum absolute atomic E-state index is 0.0707. The Morgan fingerprint density at radius 1 is 1.25 bits per heavy atom. The van der Waals surface area contributed by atoms with E-state index < -0.39 is 0 Å². The zero-order valence-corrected chi connectivity index (χ0v) is 13.7. The van der Waals surface area contributed by atoms with Gasteiger partial charge in [0.2, 0.25) is 11.7 Å². The monoisotopic (exact) mass is 345 g/mol. The van der Waals surface area contributed by atoms with E-state index in [0.717, 1.165) is 17.7 Å². The van der Waals surface area contributed by atoms with Gasteiger partial charge in [-0.3, -0.25) is 4.90 Å². The van der Waals surface area contributed by atoms with Gasteiger partial charge in [0.1, 0.15) is 5.82 Å². The van der Waals surface area contributed by atoms with Gasteiger partial charge in [0.25, 0.3) is 0 Å². The van der Waals surface area contributed by atoms with Crippen molar-refractivity contribution < 1.29 is 13.7 Å². The van der Waals surface area contributed by atoms with Gasteiger partial charge in [-0.2, -0.15) is 16.3 Å². The quantitative estimate of drug-likeness (QED) is 0.724. The van der Waals surface area contributed by atoms with Crippen molar-refractivity contribution in [1.29, 1.82) is 0 Å². The van der Waals surface area contributed by atoms with E-state index in [1.807, 2.05) is 16.8 Å². The number of halogens is 1. The highest BCUT2D eigenvalue weighted by atomic mass is 32.1. The highest BCUT2D eigenvalue weighted by Gasteiger charge is 2.23. The summed E-state index contributed by atoms with van der Waals surface area (Å²) in [6.45, 7) is 2.71. The van der Waals surface area contributed by atoms with E-state index in [1.165, 1.54) is 12.1 Å². The molecule has 1 aliphatic rings. The third-order valence-corrected chi connectivity index (χ3v) is 4.68. The number of hydrogen-bond donors (Lipinski definition) is 0. The summed E-state index contributed by atoms with van der Waals surface area (Å²) in [4.78, 5) is 6.66. The van der Waals surface area contributed by atoms with Gasteiger partial charge in [-0.05, 0) is 29.1 Å². The van der Waals surface area contributed by atoms with Gasteiger partial charge >= 0.3 is 0 Å². The lowest BCUT2D eigenvalue weighted by Crippen LogP contribution is -2.37. The van der Waals surface area contributed by atoms with Gasteiger partial charge in [-0.1, -0.05) is 17.3 Å². The molecule has 1 fully saturated rings. The highest BCUT2D eigenvalue weighted by molar-refractivity contribution is 7.08. The average molecular weight is 345 g/mol. The first-order valence-electron chi connectivity index (χ1n) is 7.72. The van der Waals surface area contributed by atoms with Crippen LogP contribution in [0.5, 0.6) is 0 Å². The Balaban J connectivity index is 1.42. The molecule has 0 spiro atoms. The van der Waals surface area contributed by atoms with Crippen LogP contribution in [0.4, 0.5) is 4.39 Å². The van der Waals surface area contributed by atoms with Gasteiger partial charge < -0.3 is 9.26 Å². The molecule has 24 heavy (non-hydrogen) atoms. The van der Waals surface area contributed by atoms with E-state index in [9.17, 15) is 4.39 Å². The first-order chi connectivity index (χ1) is 11.8. The van der Waals surface area contributed by atoms with Crippen molar-refractivity contribution in [3.05, 3.63) is 58.4 Å². The maximum Gasteiger partial charge on any atom is 0.241 e. The molecule has 3 aromatic rings. The number of thiophene rings is 1. The van der Waals surface area contributed by atoms with Gasteiger partial charge in [0.15, 0.2) is 0 Å². The Morgan fingerprint density at radius 2 is 2.12 bits per heavy atom. The van der Waals surface area contributed by atoms with Crippen molar-refractivity contribution >= 4 is 11.3 Å². The third kappa shape index (κ3) is 3.38. The summed E-state index contributed by atoms with van der Waals surface area (Å²) in [5.41, 5.74) is 1.95. The van der Waals surface area contributed by atoms with Crippen LogP contribution in [-0.2, 0) is 11.3 Å². The fourth-order valence-electron chi connectivity index (χ4n) is 2.74. The second kappa shape index (κ2) is 6.80. The molecule has 4 rings (SSSR count). The zero-order valence-electron chi connectivity index (χ0n) is 12.9. The molecular weight excluding hydrogens is 329 g/mol. The van der Waals surface area contributed by atoms with Crippen LogP contribution >= 0.6 is 11.3 Å². The fourth-order valence-corrected chi connectivity index (χ4v) is 3.38. The molecule has 1 unspecified atom stereocenters. The van der Waals surface area contributed by atoms with Gasteiger partial charge in [-0.25, -0.2) is 4.39 Å². The van der Waals surface area contributed by atoms with E-state index in [2.05, 4.69) is 15.0 Å². The zero-order chi connectivity index (χ0) is 16.4. The molecule has 0 aliphatic carbocycles. The number of rotatable bonds is 4. The summed E-state index contributed by atoms with van der Waals surface area (Å²) in [5.74, 6) is 0.976. The van der Waals surface area contributed by atoms with Crippen LogP contribution in [0.15, 0.2) is 45.6 Å². The van der Waals surface area contributed by atoms with Gasteiger partial charge in [0.05, 0.1) is 19.3 Å². The lowest BCUT2D eigenvalue weighted by Gasteiger charge is -2.32. The highest BCUT2D eigenvalue weighted by Crippen LogP contribution is 2.24. The second-order valence-electron chi connectivity index (χ2n) is 5.67. The number of morpholine rings is 1. The number of hydrogen-bond acceptors (Lipinski definition) is 6. The molecular formula is C17H16FN3O2S. The summed E-state index contributed by atoms with van der Waals surface area (Å²) >= 11 is 1.60. The van der Waals surface area contributed by atoms with E-state index in [1.54, 1.807) is 23.5 Å². The SMILES string of the molecule is Fc1ccc(C2CN(Cc3nc(-c4ccsc4)no3)CCO2)cc1. The molecule has 0 saturated carbocycles. The molecule has 0 bridgehead atoms. The molecule has 7 heteroatoms. The van der Waals surface area contributed by atoms with E-state index in [0.29, 0.717) is 31.4 Å². The molecule has 1 saturated heterocycles. The normalized spacial score (nSPS) is 18.8. The molecule has 2 aromatic heterocycles. The summed E-state index contributed by atoms with van der Waals surface area (Å²) in [6.07, 6.45) is -0.0707. The van der Waals surface area contributed by atoms with E-state index in [-0.39, 0.29) is 11.9 Å². The molecule has 0 amide bonds. The second-order valence-corrected chi connectivity index (χ2v) is 6.45. The summed E-state index contributed by atoms with van der Waals surface area (Å²) in [6, 6.07) is 8.43. The Bertz CT molecular complexity index is 789. The first-order valence-corrected chi connectivity index (χ1v) is 8.67. The average Bonchev–Trinajstić information content (AvgIpc) is 3.27. The molecule has 5 nitrogen and oxygen atoms in total. The molecule has 124 valence electrons. The maximum atomic E-state index is 13.1. The Kier molecular flexibility index (Phi) is 4.38. The first kappa shape index (κ1) is 15.4. The predicted octanol–water partition coefficient (Wildman–Crippen LogP) is 3.51. The molecule has 0 N–H and O–H groups in total. The van der Waals surface area contributed by atoms with Crippen molar-refractivity contribution in [3.63, 3.8) is 0 Å². The topological polar surface area (TPSA) is 51.4 Å². The largest absolute Gasteiger partial charge is 0.371 e.